The highest BCUT2D eigenvalue weighted by atomic mass is 32.1. The van der Waals surface area contributed by atoms with Crippen LogP contribution in [0.1, 0.15) is 4.88 Å². The Labute approximate surface area is 144 Å². The minimum absolute atomic E-state index is 0.0296. The molecule has 3 heterocycles. The van der Waals surface area contributed by atoms with Crippen LogP contribution in [0.3, 0.4) is 0 Å². The van der Waals surface area contributed by atoms with E-state index in [1.54, 1.807) is 18.6 Å². The molecule has 0 unspecified atom stereocenters. The molecular weight excluding hydrogens is 342 g/mol. The highest BCUT2D eigenvalue weighted by Crippen LogP contribution is 2.25. The van der Waals surface area contributed by atoms with Crippen LogP contribution in [0.5, 0.6) is 0 Å². The highest BCUT2D eigenvalue weighted by molar-refractivity contribution is 7.15. The first kappa shape index (κ1) is 15.2. The number of imidazole rings is 1. The quantitative estimate of drug-likeness (QED) is 0.415. The van der Waals surface area contributed by atoms with Crippen LogP contribution in [0.15, 0.2) is 59.9 Å². The van der Waals surface area contributed by atoms with E-state index < -0.39 is 4.92 Å². The topological polar surface area (TPSA) is 95.3 Å². The second-order valence-electron chi connectivity index (χ2n) is 5.32. The minimum atomic E-state index is -0.619. The van der Waals surface area contributed by atoms with E-state index in [9.17, 15) is 14.9 Å². The number of thiazole rings is 1. The molecule has 0 atom stereocenters. The van der Waals surface area contributed by atoms with Crippen molar-refractivity contribution in [3.63, 3.8) is 0 Å². The number of rotatable bonds is 4. The molecule has 124 valence electrons. The van der Waals surface area contributed by atoms with Crippen LogP contribution in [0, 0.1) is 10.1 Å². The maximum absolute atomic E-state index is 12.5. The molecular formula is C16H11N5O3S. The van der Waals surface area contributed by atoms with Gasteiger partial charge in [0, 0.05) is 29.0 Å². The lowest BCUT2D eigenvalue weighted by Gasteiger charge is -2.02. The van der Waals surface area contributed by atoms with E-state index in [0.717, 1.165) is 15.4 Å². The summed E-state index contributed by atoms with van der Waals surface area (Å²) >= 11 is 1.50. The molecule has 9 heteroatoms. The van der Waals surface area contributed by atoms with Crippen molar-refractivity contribution in [3.8, 4) is 10.6 Å². The monoisotopic (exact) mass is 353 g/mol. The molecule has 3 aromatic heterocycles. The average molecular weight is 353 g/mol. The number of nitro groups is 1. The van der Waals surface area contributed by atoms with Crippen LogP contribution in [0.2, 0.25) is 0 Å². The SMILES string of the molecule is O=c1c2nc([N+](=O)[O-])cn2ccn1Cc1cnc(-c2ccccc2)s1. The fourth-order valence-corrected chi connectivity index (χ4v) is 3.39. The predicted molar refractivity (Wildman–Crippen MR) is 92.8 cm³/mol. The molecule has 0 aliphatic rings. The van der Waals surface area contributed by atoms with Crippen LogP contribution >= 0.6 is 11.3 Å². The molecule has 25 heavy (non-hydrogen) atoms. The summed E-state index contributed by atoms with van der Waals surface area (Å²) in [6.07, 6.45) is 6.12. The van der Waals surface area contributed by atoms with Gasteiger partial charge in [-0.05, 0) is 9.91 Å². The first-order valence-electron chi connectivity index (χ1n) is 7.34. The fraction of sp³-hybridized carbons (Fsp3) is 0.0625. The lowest BCUT2D eigenvalue weighted by Crippen LogP contribution is -2.21. The molecule has 4 aromatic rings. The molecule has 0 saturated carbocycles. The molecule has 0 N–H and O–H groups in total. The summed E-state index contributed by atoms with van der Waals surface area (Å²) in [5.41, 5.74) is 0.665. The molecule has 0 spiro atoms. The van der Waals surface area contributed by atoms with Crippen LogP contribution in [-0.2, 0) is 6.54 Å². The number of aromatic nitrogens is 4. The van der Waals surface area contributed by atoms with Gasteiger partial charge in [-0.1, -0.05) is 30.3 Å². The maximum Gasteiger partial charge on any atom is 0.382 e. The van der Waals surface area contributed by atoms with E-state index in [4.69, 9.17) is 0 Å². The van der Waals surface area contributed by atoms with Crippen molar-refractivity contribution in [2.45, 2.75) is 6.54 Å². The molecule has 0 bridgehead atoms. The predicted octanol–water partition coefficient (Wildman–Crippen LogP) is 2.58. The Morgan fingerprint density at radius 1 is 1.20 bits per heavy atom. The van der Waals surface area contributed by atoms with E-state index in [-0.39, 0.29) is 17.0 Å². The number of benzene rings is 1. The van der Waals surface area contributed by atoms with Gasteiger partial charge in [-0.25, -0.2) is 4.98 Å². The Morgan fingerprint density at radius 2 is 2.00 bits per heavy atom. The van der Waals surface area contributed by atoms with Gasteiger partial charge in [0.1, 0.15) is 11.2 Å². The van der Waals surface area contributed by atoms with E-state index in [1.807, 2.05) is 30.3 Å². The standard InChI is InChI=1S/C16H11N5O3S/c22-16-14-18-13(21(23)24)10-19(14)6-7-20(16)9-12-8-17-15(25-12)11-4-2-1-3-5-11/h1-8,10H,9H2. The summed E-state index contributed by atoms with van der Waals surface area (Å²) in [5, 5.41) is 11.7. The third kappa shape index (κ3) is 2.81. The molecule has 1 aromatic carbocycles. The average Bonchev–Trinajstić information content (AvgIpc) is 3.26. The van der Waals surface area contributed by atoms with E-state index >= 15 is 0 Å². The zero-order valence-corrected chi connectivity index (χ0v) is 13.6. The van der Waals surface area contributed by atoms with E-state index in [0.29, 0.717) is 6.54 Å². The third-order valence-electron chi connectivity index (χ3n) is 3.67. The van der Waals surface area contributed by atoms with Crippen molar-refractivity contribution < 1.29 is 4.92 Å². The van der Waals surface area contributed by atoms with Crippen molar-refractivity contribution in [2.24, 2.45) is 0 Å². The second kappa shape index (κ2) is 5.95. The molecule has 8 nitrogen and oxygen atoms in total. The van der Waals surface area contributed by atoms with Gasteiger partial charge in [0.15, 0.2) is 0 Å². The van der Waals surface area contributed by atoms with Crippen LogP contribution < -0.4 is 5.56 Å². The van der Waals surface area contributed by atoms with Gasteiger partial charge in [-0.3, -0.25) is 9.20 Å². The van der Waals surface area contributed by atoms with Crippen molar-refractivity contribution in [2.75, 3.05) is 0 Å². The molecule has 0 aliphatic heterocycles. The zero-order chi connectivity index (χ0) is 17.4. The number of nitrogens with zero attached hydrogens (tertiary/aromatic N) is 5. The van der Waals surface area contributed by atoms with Crippen molar-refractivity contribution in [3.05, 3.63) is 80.5 Å². The summed E-state index contributed by atoms with van der Waals surface area (Å²) in [6, 6.07) is 9.78. The smallest absolute Gasteiger partial charge is 0.358 e. The number of hydrogen-bond acceptors (Lipinski definition) is 6. The summed E-state index contributed by atoms with van der Waals surface area (Å²) < 4.78 is 2.83. The lowest BCUT2D eigenvalue weighted by molar-refractivity contribution is -0.389. The molecule has 0 radical (unpaired) electrons. The van der Waals surface area contributed by atoms with Gasteiger partial charge in [0.25, 0.3) is 0 Å². The highest BCUT2D eigenvalue weighted by Gasteiger charge is 2.17. The van der Waals surface area contributed by atoms with Gasteiger partial charge in [0.2, 0.25) is 0 Å². The summed E-state index contributed by atoms with van der Waals surface area (Å²) in [4.78, 5) is 31.8. The Morgan fingerprint density at radius 3 is 2.76 bits per heavy atom. The third-order valence-corrected chi connectivity index (χ3v) is 4.70. The second-order valence-corrected chi connectivity index (χ2v) is 6.43. The van der Waals surface area contributed by atoms with Crippen molar-refractivity contribution in [1.82, 2.24) is 18.9 Å². The minimum Gasteiger partial charge on any atom is -0.358 e. The molecule has 4 rings (SSSR count). The summed E-state index contributed by atoms with van der Waals surface area (Å²) in [7, 11) is 0. The van der Waals surface area contributed by atoms with Crippen molar-refractivity contribution in [1.29, 1.82) is 0 Å². The molecule has 0 fully saturated rings. The van der Waals surface area contributed by atoms with Crippen molar-refractivity contribution >= 4 is 22.8 Å². The van der Waals surface area contributed by atoms with Crippen LogP contribution in [0.25, 0.3) is 16.2 Å². The molecule has 0 amide bonds. The Balaban J connectivity index is 1.67. The first-order chi connectivity index (χ1) is 12.1. The van der Waals surface area contributed by atoms with E-state index in [1.165, 1.54) is 26.5 Å². The van der Waals surface area contributed by atoms with Gasteiger partial charge in [-0.2, -0.15) is 0 Å². The first-order valence-corrected chi connectivity index (χ1v) is 8.16. The molecule has 0 saturated heterocycles. The van der Waals surface area contributed by atoms with Gasteiger partial charge < -0.3 is 14.7 Å². The number of fused-ring (bicyclic) bond motifs is 1. The van der Waals surface area contributed by atoms with Crippen LogP contribution in [-0.4, -0.2) is 23.9 Å². The Hall–Kier alpha value is -3.33. The van der Waals surface area contributed by atoms with Crippen LogP contribution in [0.4, 0.5) is 5.82 Å². The normalized spacial score (nSPS) is 11.0. The van der Waals surface area contributed by atoms with Gasteiger partial charge in [0.05, 0.1) is 6.54 Å². The zero-order valence-electron chi connectivity index (χ0n) is 12.8. The molecule has 0 aliphatic carbocycles. The Bertz CT molecular complexity index is 1130. The van der Waals surface area contributed by atoms with Gasteiger partial charge in [-0.15, -0.1) is 11.3 Å². The Kier molecular flexibility index (Phi) is 3.62. The lowest BCUT2D eigenvalue weighted by atomic mass is 10.2. The summed E-state index contributed by atoms with van der Waals surface area (Å²) in [6.45, 7) is 0.334. The van der Waals surface area contributed by atoms with Gasteiger partial charge >= 0.3 is 17.0 Å². The largest absolute Gasteiger partial charge is 0.382 e. The summed E-state index contributed by atoms with van der Waals surface area (Å²) in [5.74, 6) is -0.348. The van der Waals surface area contributed by atoms with E-state index in [2.05, 4.69) is 9.97 Å². The maximum atomic E-state index is 12.5. The fourth-order valence-electron chi connectivity index (χ4n) is 2.48. The number of hydrogen-bond donors (Lipinski definition) is 0.